The highest BCUT2D eigenvalue weighted by Gasteiger charge is 2.40. The third-order valence-electron chi connectivity index (χ3n) is 4.41. The summed E-state index contributed by atoms with van der Waals surface area (Å²) in [5.41, 5.74) is 5.15. The molecule has 0 aromatic heterocycles. The van der Waals surface area contributed by atoms with Crippen LogP contribution >= 0.6 is 12.2 Å². The van der Waals surface area contributed by atoms with Gasteiger partial charge in [-0.1, -0.05) is 44.3 Å². The fourth-order valence-electron chi connectivity index (χ4n) is 3.15. The van der Waals surface area contributed by atoms with E-state index in [0.717, 1.165) is 57.8 Å². The monoisotopic (exact) mass is 319 g/mol. The van der Waals surface area contributed by atoms with E-state index >= 15 is 0 Å². The topological polar surface area (TPSA) is 75.4 Å². The van der Waals surface area contributed by atoms with Crippen LogP contribution in [0, 0.1) is 0 Å². The molecule has 1 saturated heterocycles. The van der Waals surface area contributed by atoms with Gasteiger partial charge < -0.3 is 5.73 Å². The average molecular weight is 319 g/mol. The second-order valence-electron chi connectivity index (χ2n) is 5.93. The molecule has 0 aromatic carbocycles. The molecule has 7 heteroatoms. The Bertz CT molecular complexity index is 437. The van der Waals surface area contributed by atoms with Gasteiger partial charge in [0.2, 0.25) is 0 Å². The van der Waals surface area contributed by atoms with Gasteiger partial charge in [0.05, 0.1) is 10.5 Å². The Labute approximate surface area is 127 Å². The van der Waals surface area contributed by atoms with Crippen molar-refractivity contribution in [3.63, 3.8) is 0 Å². The van der Waals surface area contributed by atoms with Crippen molar-refractivity contribution in [1.82, 2.24) is 9.03 Å². The summed E-state index contributed by atoms with van der Waals surface area (Å²) in [6.45, 7) is 1.20. The SMILES string of the molecule is NC(=S)C1(NS(=O)(=O)N2CCCCCC2)CCCCC1. The van der Waals surface area contributed by atoms with Gasteiger partial charge in [-0.15, -0.1) is 0 Å². The molecule has 0 atom stereocenters. The molecule has 0 bridgehead atoms. The van der Waals surface area contributed by atoms with Crippen LogP contribution in [0.1, 0.15) is 57.8 Å². The zero-order valence-corrected chi connectivity index (χ0v) is 13.6. The number of rotatable bonds is 4. The van der Waals surface area contributed by atoms with Gasteiger partial charge in [-0.2, -0.15) is 17.4 Å². The molecule has 5 nitrogen and oxygen atoms in total. The second-order valence-corrected chi connectivity index (χ2v) is 8.04. The smallest absolute Gasteiger partial charge is 0.280 e. The standard InChI is InChI=1S/C13H25N3O2S2/c14-12(19)13(8-4-3-5-9-13)15-20(17,18)16-10-6-1-2-7-11-16/h15H,1-11H2,(H2,14,19). The molecule has 2 fully saturated rings. The molecular weight excluding hydrogens is 294 g/mol. The zero-order chi connectivity index (χ0) is 14.6. The summed E-state index contributed by atoms with van der Waals surface area (Å²) in [6.07, 6.45) is 8.57. The largest absolute Gasteiger partial charge is 0.392 e. The van der Waals surface area contributed by atoms with E-state index in [9.17, 15) is 8.42 Å². The number of thiocarbonyl (C=S) groups is 1. The van der Waals surface area contributed by atoms with Gasteiger partial charge in [0.25, 0.3) is 10.2 Å². The minimum Gasteiger partial charge on any atom is -0.392 e. The number of nitrogens with one attached hydrogen (secondary N) is 1. The van der Waals surface area contributed by atoms with Crippen LogP contribution in [0.4, 0.5) is 0 Å². The first kappa shape index (κ1) is 16.1. The van der Waals surface area contributed by atoms with E-state index in [0.29, 0.717) is 13.1 Å². The second kappa shape index (κ2) is 6.68. The van der Waals surface area contributed by atoms with E-state index in [4.69, 9.17) is 18.0 Å². The van der Waals surface area contributed by atoms with Crippen LogP contribution in [0.5, 0.6) is 0 Å². The van der Waals surface area contributed by atoms with Crippen molar-refractivity contribution in [2.45, 2.75) is 63.3 Å². The van der Waals surface area contributed by atoms with E-state index in [1.165, 1.54) is 0 Å². The van der Waals surface area contributed by atoms with Gasteiger partial charge in [0, 0.05) is 13.1 Å². The maximum atomic E-state index is 12.6. The average Bonchev–Trinajstić information content (AvgIpc) is 2.68. The molecule has 20 heavy (non-hydrogen) atoms. The molecular formula is C13H25N3O2S2. The Morgan fingerprint density at radius 1 is 1.00 bits per heavy atom. The molecule has 2 aliphatic rings. The summed E-state index contributed by atoms with van der Waals surface area (Å²) >= 11 is 5.16. The van der Waals surface area contributed by atoms with Crippen molar-refractivity contribution in [1.29, 1.82) is 0 Å². The first-order chi connectivity index (χ1) is 9.46. The van der Waals surface area contributed by atoms with Gasteiger partial charge in [-0.05, 0) is 25.7 Å². The van der Waals surface area contributed by atoms with Crippen molar-refractivity contribution in [3.05, 3.63) is 0 Å². The van der Waals surface area contributed by atoms with Gasteiger partial charge in [0.15, 0.2) is 0 Å². The lowest BCUT2D eigenvalue weighted by Crippen LogP contribution is -2.60. The Morgan fingerprint density at radius 3 is 2.00 bits per heavy atom. The van der Waals surface area contributed by atoms with E-state index in [1.54, 1.807) is 4.31 Å². The third-order valence-corrected chi connectivity index (χ3v) is 6.49. The summed E-state index contributed by atoms with van der Waals surface area (Å²) in [7, 11) is -3.49. The molecule has 0 radical (unpaired) electrons. The number of nitrogens with two attached hydrogens (primary N) is 1. The van der Waals surface area contributed by atoms with Crippen molar-refractivity contribution in [2.24, 2.45) is 5.73 Å². The van der Waals surface area contributed by atoms with Crippen LogP contribution in [-0.4, -0.2) is 36.3 Å². The Balaban J connectivity index is 2.13. The van der Waals surface area contributed by atoms with Crippen LogP contribution < -0.4 is 10.5 Å². The highest BCUT2D eigenvalue weighted by atomic mass is 32.2. The zero-order valence-electron chi connectivity index (χ0n) is 11.9. The molecule has 3 N–H and O–H groups in total. The molecule has 1 aliphatic heterocycles. The minimum atomic E-state index is -3.49. The molecule has 0 unspecified atom stereocenters. The van der Waals surface area contributed by atoms with Crippen molar-refractivity contribution < 1.29 is 8.42 Å². The predicted molar refractivity (Wildman–Crippen MR) is 84.7 cm³/mol. The normalized spacial score (nSPS) is 25.0. The van der Waals surface area contributed by atoms with Crippen LogP contribution in [-0.2, 0) is 10.2 Å². The lowest BCUT2D eigenvalue weighted by Gasteiger charge is -2.38. The van der Waals surface area contributed by atoms with Gasteiger partial charge in [-0.3, -0.25) is 0 Å². The first-order valence-corrected chi connectivity index (χ1v) is 9.40. The van der Waals surface area contributed by atoms with Crippen molar-refractivity contribution >= 4 is 27.4 Å². The summed E-state index contributed by atoms with van der Waals surface area (Å²) in [5.74, 6) is 0. The van der Waals surface area contributed by atoms with Gasteiger partial charge in [0.1, 0.15) is 0 Å². The van der Waals surface area contributed by atoms with Crippen LogP contribution in [0.15, 0.2) is 0 Å². The summed E-state index contributed by atoms with van der Waals surface area (Å²) in [6, 6.07) is 0. The fourth-order valence-corrected chi connectivity index (χ4v) is 5.14. The minimum absolute atomic E-state index is 0.288. The first-order valence-electron chi connectivity index (χ1n) is 7.55. The maximum Gasteiger partial charge on any atom is 0.280 e. The molecule has 1 heterocycles. The highest BCUT2D eigenvalue weighted by Crippen LogP contribution is 2.30. The summed E-state index contributed by atoms with van der Waals surface area (Å²) in [4.78, 5) is 0.288. The molecule has 0 spiro atoms. The molecule has 1 aliphatic carbocycles. The van der Waals surface area contributed by atoms with Crippen LogP contribution in [0.2, 0.25) is 0 Å². The third kappa shape index (κ3) is 3.69. The van der Waals surface area contributed by atoms with Crippen LogP contribution in [0.3, 0.4) is 0 Å². The summed E-state index contributed by atoms with van der Waals surface area (Å²) < 4.78 is 29.6. The highest BCUT2D eigenvalue weighted by molar-refractivity contribution is 7.87. The van der Waals surface area contributed by atoms with Crippen LogP contribution in [0.25, 0.3) is 0 Å². The number of nitrogens with zero attached hydrogens (tertiary/aromatic N) is 1. The Kier molecular flexibility index (Phi) is 5.39. The van der Waals surface area contributed by atoms with Gasteiger partial charge >= 0.3 is 0 Å². The summed E-state index contributed by atoms with van der Waals surface area (Å²) in [5, 5.41) is 0. The van der Waals surface area contributed by atoms with E-state index < -0.39 is 15.7 Å². The Morgan fingerprint density at radius 2 is 1.50 bits per heavy atom. The van der Waals surface area contributed by atoms with E-state index in [-0.39, 0.29) is 4.99 Å². The molecule has 2 rings (SSSR count). The van der Waals surface area contributed by atoms with Crippen molar-refractivity contribution in [2.75, 3.05) is 13.1 Å². The fraction of sp³-hybridized carbons (Fsp3) is 0.923. The number of hydrogen-bond donors (Lipinski definition) is 2. The number of hydrogen-bond acceptors (Lipinski definition) is 3. The Hall–Kier alpha value is -0.240. The lowest BCUT2D eigenvalue weighted by atomic mass is 9.82. The quantitative estimate of drug-likeness (QED) is 0.773. The van der Waals surface area contributed by atoms with Crippen molar-refractivity contribution in [3.8, 4) is 0 Å². The molecule has 0 amide bonds. The maximum absolute atomic E-state index is 12.6. The molecule has 116 valence electrons. The molecule has 1 saturated carbocycles. The molecule has 0 aromatic rings. The lowest BCUT2D eigenvalue weighted by molar-refractivity contribution is 0.334. The van der Waals surface area contributed by atoms with E-state index in [1.807, 2.05) is 0 Å². The van der Waals surface area contributed by atoms with E-state index in [2.05, 4.69) is 4.72 Å². The predicted octanol–water partition coefficient (Wildman–Crippen LogP) is 1.69. The van der Waals surface area contributed by atoms with Gasteiger partial charge in [-0.25, -0.2) is 0 Å².